The number of rotatable bonds is 4. The Balaban J connectivity index is 1.39. The molecule has 7 heteroatoms. The average molecular weight is 437 g/mol. The third kappa shape index (κ3) is 3.41. The van der Waals surface area contributed by atoms with Crippen LogP contribution >= 0.6 is 11.3 Å². The van der Waals surface area contributed by atoms with Crippen LogP contribution in [-0.4, -0.2) is 38.0 Å². The molecule has 4 aromatic heterocycles. The second-order valence-electron chi connectivity index (χ2n) is 7.81. The van der Waals surface area contributed by atoms with E-state index in [2.05, 4.69) is 54.5 Å². The first-order valence-electron chi connectivity index (χ1n) is 10.5. The molecule has 5 aromatic rings. The molecule has 5 heterocycles. The highest BCUT2D eigenvalue weighted by molar-refractivity contribution is 7.16. The lowest BCUT2D eigenvalue weighted by molar-refractivity contribution is 0.898. The summed E-state index contributed by atoms with van der Waals surface area (Å²) in [7, 11) is 0. The quantitative estimate of drug-likeness (QED) is 0.409. The van der Waals surface area contributed by atoms with Crippen molar-refractivity contribution in [3.63, 3.8) is 0 Å². The predicted molar refractivity (Wildman–Crippen MR) is 129 cm³/mol. The molecule has 0 atom stereocenters. The third-order valence-corrected chi connectivity index (χ3v) is 6.74. The molecule has 0 spiro atoms. The summed E-state index contributed by atoms with van der Waals surface area (Å²) < 4.78 is 0. The van der Waals surface area contributed by atoms with Crippen molar-refractivity contribution in [3.05, 3.63) is 77.8 Å². The minimum Gasteiger partial charge on any atom is -0.343 e. The number of thiazole rings is 1. The molecule has 0 saturated carbocycles. The van der Waals surface area contributed by atoms with E-state index in [1.54, 1.807) is 17.7 Å². The largest absolute Gasteiger partial charge is 0.343 e. The number of aryl methyl sites for hydroxylation is 1. The number of hydrogen-bond donors (Lipinski definition) is 2. The van der Waals surface area contributed by atoms with Crippen molar-refractivity contribution in [2.45, 2.75) is 6.92 Å². The van der Waals surface area contributed by atoms with Crippen LogP contribution in [0.15, 0.2) is 67.3 Å². The van der Waals surface area contributed by atoms with E-state index < -0.39 is 0 Å². The van der Waals surface area contributed by atoms with Crippen molar-refractivity contribution >= 4 is 27.8 Å². The molecule has 0 bridgehead atoms. The van der Waals surface area contributed by atoms with Gasteiger partial charge in [-0.3, -0.25) is 9.97 Å². The summed E-state index contributed by atoms with van der Waals surface area (Å²) in [5.74, 6) is 0. The zero-order valence-electron chi connectivity index (χ0n) is 17.5. The number of aromatic nitrogens is 5. The Hall–Kier alpha value is -3.68. The second kappa shape index (κ2) is 7.78. The van der Waals surface area contributed by atoms with E-state index in [0.717, 1.165) is 62.9 Å². The van der Waals surface area contributed by atoms with Gasteiger partial charge in [-0.25, -0.2) is 9.97 Å². The molecule has 0 fully saturated rings. The highest BCUT2D eigenvalue weighted by Gasteiger charge is 2.14. The first-order valence-corrected chi connectivity index (χ1v) is 11.3. The van der Waals surface area contributed by atoms with Crippen LogP contribution in [0.2, 0.25) is 0 Å². The summed E-state index contributed by atoms with van der Waals surface area (Å²) in [4.78, 5) is 23.0. The molecule has 2 N–H and O–H groups in total. The lowest BCUT2D eigenvalue weighted by atomic mass is 10.0. The smallest absolute Gasteiger partial charge is 0.125 e. The van der Waals surface area contributed by atoms with E-state index in [-0.39, 0.29) is 0 Å². The number of fused-ring (bicyclic) bond motifs is 1. The molecule has 32 heavy (non-hydrogen) atoms. The maximum absolute atomic E-state index is 4.68. The Bertz CT molecular complexity index is 1480. The molecular weight excluding hydrogens is 416 g/mol. The molecule has 6 rings (SSSR count). The number of benzene rings is 1. The van der Waals surface area contributed by atoms with Crippen LogP contribution in [0.4, 0.5) is 0 Å². The van der Waals surface area contributed by atoms with Gasteiger partial charge < -0.3 is 10.3 Å². The number of H-pyrrole nitrogens is 1. The molecule has 1 aliphatic rings. The van der Waals surface area contributed by atoms with Gasteiger partial charge in [-0.05, 0) is 42.8 Å². The minimum atomic E-state index is 0.882. The van der Waals surface area contributed by atoms with E-state index in [1.807, 2.05) is 43.6 Å². The van der Waals surface area contributed by atoms with Gasteiger partial charge in [0.05, 0.1) is 33.8 Å². The van der Waals surface area contributed by atoms with E-state index in [1.165, 1.54) is 10.5 Å². The van der Waals surface area contributed by atoms with Crippen LogP contribution in [0.1, 0.15) is 10.6 Å². The van der Waals surface area contributed by atoms with Gasteiger partial charge in [0.25, 0.3) is 0 Å². The van der Waals surface area contributed by atoms with Crippen molar-refractivity contribution in [2.75, 3.05) is 13.1 Å². The van der Waals surface area contributed by atoms with Crippen molar-refractivity contribution in [3.8, 4) is 33.2 Å². The van der Waals surface area contributed by atoms with E-state index in [4.69, 9.17) is 0 Å². The number of nitrogens with one attached hydrogen (secondary N) is 2. The molecule has 6 nitrogen and oxygen atoms in total. The Morgan fingerprint density at radius 3 is 2.78 bits per heavy atom. The summed E-state index contributed by atoms with van der Waals surface area (Å²) in [5, 5.41) is 5.39. The van der Waals surface area contributed by atoms with Gasteiger partial charge in [-0.1, -0.05) is 18.2 Å². The van der Waals surface area contributed by atoms with Crippen LogP contribution in [0.5, 0.6) is 0 Å². The molecule has 156 valence electrons. The van der Waals surface area contributed by atoms with Crippen molar-refractivity contribution in [2.24, 2.45) is 0 Å². The van der Waals surface area contributed by atoms with Gasteiger partial charge in [0.1, 0.15) is 5.01 Å². The SMILES string of the molecule is Cc1cccc(-c2[nH]cnc2-c2ccc3ncc(-c4ncc(C5=CCNC5)s4)cc3c2)n1. The lowest BCUT2D eigenvalue weighted by Gasteiger charge is -2.06. The minimum absolute atomic E-state index is 0.882. The van der Waals surface area contributed by atoms with Crippen LogP contribution in [0.25, 0.3) is 49.7 Å². The number of hydrogen-bond acceptors (Lipinski definition) is 6. The number of aromatic amines is 1. The summed E-state index contributed by atoms with van der Waals surface area (Å²) in [6.45, 7) is 3.82. The molecule has 1 aromatic carbocycles. The normalized spacial score (nSPS) is 13.6. The third-order valence-electron chi connectivity index (χ3n) is 5.62. The standard InChI is InChI=1S/C25H20N6S/c1-15-3-2-4-21(31-15)24-23(29-14-30-24)16-5-6-20-18(9-16)10-19(12-27-20)25-28-13-22(32-25)17-7-8-26-11-17/h2-7,9-10,12-14,26H,8,11H2,1H3,(H,29,30). The molecule has 0 radical (unpaired) electrons. The fourth-order valence-corrected chi connectivity index (χ4v) is 4.94. The van der Waals surface area contributed by atoms with E-state index in [9.17, 15) is 0 Å². The predicted octanol–water partition coefficient (Wildman–Crippen LogP) is 5.11. The molecule has 0 saturated heterocycles. The first-order chi connectivity index (χ1) is 15.7. The van der Waals surface area contributed by atoms with Crippen LogP contribution < -0.4 is 5.32 Å². The van der Waals surface area contributed by atoms with Gasteiger partial charge in [0.15, 0.2) is 0 Å². The van der Waals surface area contributed by atoms with E-state index in [0.29, 0.717) is 0 Å². The zero-order chi connectivity index (χ0) is 21.5. The highest BCUT2D eigenvalue weighted by atomic mass is 32.1. The van der Waals surface area contributed by atoms with Crippen LogP contribution in [-0.2, 0) is 0 Å². The summed E-state index contributed by atoms with van der Waals surface area (Å²) in [6, 6.07) is 14.4. The average Bonchev–Trinajstić information content (AvgIpc) is 3.59. The number of pyridine rings is 2. The fraction of sp³-hybridized carbons (Fsp3) is 0.120. The fourth-order valence-electron chi connectivity index (χ4n) is 4.00. The summed E-state index contributed by atoms with van der Waals surface area (Å²) >= 11 is 1.71. The molecule has 0 amide bonds. The Labute approximate surface area is 189 Å². The lowest BCUT2D eigenvalue weighted by Crippen LogP contribution is -2.07. The Morgan fingerprint density at radius 2 is 1.91 bits per heavy atom. The van der Waals surface area contributed by atoms with Gasteiger partial charge in [0.2, 0.25) is 0 Å². The summed E-state index contributed by atoms with van der Waals surface area (Å²) in [6.07, 6.45) is 7.82. The highest BCUT2D eigenvalue weighted by Crippen LogP contribution is 2.33. The van der Waals surface area contributed by atoms with Crippen LogP contribution in [0.3, 0.4) is 0 Å². The zero-order valence-corrected chi connectivity index (χ0v) is 18.3. The van der Waals surface area contributed by atoms with Gasteiger partial charge >= 0.3 is 0 Å². The maximum atomic E-state index is 4.68. The van der Waals surface area contributed by atoms with E-state index >= 15 is 0 Å². The van der Waals surface area contributed by atoms with Crippen LogP contribution in [0, 0.1) is 6.92 Å². The second-order valence-corrected chi connectivity index (χ2v) is 8.84. The number of imidazole rings is 1. The molecule has 0 unspecified atom stereocenters. The first kappa shape index (κ1) is 19.0. The molecule has 0 aliphatic carbocycles. The Kier molecular flexibility index (Phi) is 4.63. The molecular formula is C25H20N6S. The molecule has 1 aliphatic heterocycles. The monoisotopic (exact) mass is 436 g/mol. The van der Waals surface area contributed by atoms with Gasteiger partial charge in [-0.15, -0.1) is 11.3 Å². The number of nitrogens with zero attached hydrogens (tertiary/aromatic N) is 4. The van der Waals surface area contributed by atoms with Gasteiger partial charge in [-0.2, -0.15) is 0 Å². The van der Waals surface area contributed by atoms with Crippen molar-refractivity contribution < 1.29 is 0 Å². The summed E-state index contributed by atoms with van der Waals surface area (Å²) in [5.41, 5.74) is 7.98. The topological polar surface area (TPSA) is 79.4 Å². The van der Waals surface area contributed by atoms with Gasteiger partial charge in [0, 0.05) is 47.7 Å². The van der Waals surface area contributed by atoms with Crippen molar-refractivity contribution in [1.29, 1.82) is 0 Å². The maximum Gasteiger partial charge on any atom is 0.125 e. The Morgan fingerprint density at radius 1 is 0.969 bits per heavy atom. The van der Waals surface area contributed by atoms with Crippen molar-refractivity contribution in [1.82, 2.24) is 30.2 Å².